The van der Waals surface area contributed by atoms with Crippen LogP contribution < -0.4 is 5.32 Å². The van der Waals surface area contributed by atoms with Gasteiger partial charge in [-0.15, -0.1) is 0 Å². The van der Waals surface area contributed by atoms with Crippen LogP contribution in [0.3, 0.4) is 0 Å². The van der Waals surface area contributed by atoms with Gasteiger partial charge < -0.3 is 5.32 Å². The van der Waals surface area contributed by atoms with E-state index in [9.17, 15) is 0 Å². The predicted octanol–water partition coefficient (Wildman–Crippen LogP) is 5.98. The van der Waals surface area contributed by atoms with E-state index < -0.39 is 0 Å². The Morgan fingerprint density at radius 1 is 1.11 bits per heavy atom. The van der Waals surface area contributed by atoms with Crippen molar-refractivity contribution < 1.29 is 0 Å². The van der Waals surface area contributed by atoms with Gasteiger partial charge in [0, 0.05) is 16.2 Å². The first kappa shape index (κ1) is 15.8. The van der Waals surface area contributed by atoms with Crippen LogP contribution in [0.2, 0.25) is 5.02 Å². The van der Waals surface area contributed by atoms with Gasteiger partial charge in [0.15, 0.2) is 0 Å². The Labute approximate surface area is 124 Å². The van der Waals surface area contributed by atoms with Gasteiger partial charge in [-0.25, -0.2) is 0 Å². The minimum absolute atomic E-state index is 0.516. The Morgan fingerprint density at radius 3 is 2.11 bits per heavy atom. The molecule has 1 rings (SSSR count). The van der Waals surface area contributed by atoms with Crippen molar-refractivity contribution in [1.29, 1.82) is 0 Å². The highest BCUT2D eigenvalue weighted by Crippen LogP contribution is 2.27. The molecule has 1 N–H and O–H groups in total. The van der Waals surface area contributed by atoms with Gasteiger partial charge in [-0.3, -0.25) is 0 Å². The second-order valence-electron chi connectivity index (χ2n) is 5.73. The summed E-state index contributed by atoms with van der Waals surface area (Å²) in [6.45, 7) is 9.07. The molecule has 3 heteroatoms. The maximum atomic E-state index is 6.12. The third-order valence-corrected chi connectivity index (χ3v) is 4.03. The van der Waals surface area contributed by atoms with E-state index in [0.717, 1.165) is 15.2 Å². The lowest BCUT2D eigenvalue weighted by molar-refractivity contribution is 0.442. The number of halogens is 2. The van der Waals surface area contributed by atoms with E-state index >= 15 is 0 Å². The monoisotopic (exact) mass is 331 g/mol. The van der Waals surface area contributed by atoms with E-state index in [4.69, 9.17) is 11.6 Å². The van der Waals surface area contributed by atoms with Gasteiger partial charge in [0.2, 0.25) is 0 Å². The van der Waals surface area contributed by atoms with E-state index in [2.05, 4.69) is 55.0 Å². The standard InChI is InChI=1S/C15H23BrClN/c1-10(2)7-13(8-11(3)4)18-12-5-6-14(16)15(17)9-12/h5-6,9-11,13,18H,7-8H2,1-4H3. The number of hydrogen-bond acceptors (Lipinski definition) is 1. The number of benzene rings is 1. The summed E-state index contributed by atoms with van der Waals surface area (Å²) < 4.78 is 0.944. The molecular weight excluding hydrogens is 310 g/mol. The van der Waals surface area contributed by atoms with Crippen LogP contribution in [0.15, 0.2) is 22.7 Å². The lowest BCUT2D eigenvalue weighted by atomic mass is 9.95. The van der Waals surface area contributed by atoms with Gasteiger partial charge in [-0.2, -0.15) is 0 Å². The summed E-state index contributed by atoms with van der Waals surface area (Å²) in [7, 11) is 0. The molecule has 1 aromatic carbocycles. The average molecular weight is 333 g/mol. The van der Waals surface area contributed by atoms with E-state index in [0.29, 0.717) is 17.9 Å². The molecule has 0 spiro atoms. The van der Waals surface area contributed by atoms with Crippen molar-refractivity contribution in [3.8, 4) is 0 Å². The second kappa shape index (κ2) is 7.40. The summed E-state index contributed by atoms with van der Waals surface area (Å²) in [5, 5.41) is 4.36. The summed E-state index contributed by atoms with van der Waals surface area (Å²) >= 11 is 9.54. The second-order valence-corrected chi connectivity index (χ2v) is 6.99. The maximum absolute atomic E-state index is 6.12. The summed E-state index contributed by atoms with van der Waals surface area (Å²) in [5.41, 5.74) is 1.11. The SMILES string of the molecule is CC(C)CC(CC(C)C)Nc1ccc(Br)c(Cl)c1. The van der Waals surface area contributed by atoms with Gasteiger partial charge in [0.05, 0.1) is 5.02 Å². The Balaban J connectivity index is 2.71. The van der Waals surface area contributed by atoms with Crippen LogP contribution in [0.1, 0.15) is 40.5 Å². The lowest BCUT2D eigenvalue weighted by Crippen LogP contribution is -2.23. The van der Waals surface area contributed by atoms with Crippen molar-refractivity contribution in [2.24, 2.45) is 11.8 Å². The van der Waals surface area contributed by atoms with Crippen LogP contribution in [-0.2, 0) is 0 Å². The summed E-state index contributed by atoms with van der Waals surface area (Å²) in [6.07, 6.45) is 2.37. The molecule has 0 aliphatic carbocycles. The topological polar surface area (TPSA) is 12.0 Å². The lowest BCUT2D eigenvalue weighted by Gasteiger charge is -2.23. The fourth-order valence-corrected chi connectivity index (χ4v) is 2.60. The molecule has 0 fully saturated rings. The van der Waals surface area contributed by atoms with Crippen LogP contribution in [0, 0.1) is 11.8 Å². The molecule has 0 aliphatic heterocycles. The molecule has 0 atom stereocenters. The molecule has 102 valence electrons. The summed E-state index contributed by atoms with van der Waals surface area (Å²) in [4.78, 5) is 0. The molecule has 18 heavy (non-hydrogen) atoms. The van der Waals surface area contributed by atoms with Gasteiger partial charge in [-0.05, 0) is 58.8 Å². The quantitative estimate of drug-likeness (QED) is 0.676. The molecule has 1 nitrogen and oxygen atoms in total. The van der Waals surface area contributed by atoms with Crippen molar-refractivity contribution in [3.63, 3.8) is 0 Å². The molecule has 0 saturated carbocycles. The first-order valence-electron chi connectivity index (χ1n) is 6.60. The van der Waals surface area contributed by atoms with Crippen molar-refractivity contribution in [2.45, 2.75) is 46.6 Å². The number of nitrogens with one attached hydrogen (secondary N) is 1. The zero-order valence-electron chi connectivity index (χ0n) is 11.6. The minimum Gasteiger partial charge on any atom is -0.382 e. The molecule has 0 aromatic heterocycles. The van der Waals surface area contributed by atoms with E-state index in [1.165, 1.54) is 12.8 Å². The summed E-state index contributed by atoms with van der Waals surface area (Å²) in [5.74, 6) is 1.40. The number of anilines is 1. The zero-order chi connectivity index (χ0) is 13.7. The van der Waals surface area contributed by atoms with E-state index in [1.807, 2.05) is 12.1 Å². The maximum Gasteiger partial charge on any atom is 0.0568 e. The molecule has 0 heterocycles. The minimum atomic E-state index is 0.516. The van der Waals surface area contributed by atoms with Crippen LogP contribution in [0.5, 0.6) is 0 Å². The Kier molecular flexibility index (Phi) is 6.51. The first-order valence-corrected chi connectivity index (χ1v) is 7.77. The first-order chi connectivity index (χ1) is 8.38. The number of hydrogen-bond donors (Lipinski definition) is 1. The third kappa shape index (κ3) is 5.62. The number of rotatable bonds is 6. The Morgan fingerprint density at radius 2 is 1.67 bits per heavy atom. The van der Waals surface area contributed by atoms with Crippen LogP contribution in [0.4, 0.5) is 5.69 Å². The fraction of sp³-hybridized carbons (Fsp3) is 0.600. The van der Waals surface area contributed by atoms with Crippen molar-refractivity contribution >= 4 is 33.2 Å². The molecule has 0 amide bonds. The Hall–Kier alpha value is -0.210. The van der Waals surface area contributed by atoms with Gasteiger partial charge in [0.25, 0.3) is 0 Å². The molecule has 0 saturated heterocycles. The Bertz CT molecular complexity index is 367. The highest BCUT2D eigenvalue weighted by Gasteiger charge is 2.13. The fourth-order valence-electron chi connectivity index (χ4n) is 2.17. The van der Waals surface area contributed by atoms with Crippen LogP contribution >= 0.6 is 27.5 Å². The molecule has 1 aromatic rings. The van der Waals surface area contributed by atoms with Crippen LogP contribution in [0.25, 0.3) is 0 Å². The smallest absolute Gasteiger partial charge is 0.0568 e. The van der Waals surface area contributed by atoms with E-state index in [1.54, 1.807) is 0 Å². The van der Waals surface area contributed by atoms with Crippen molar-refractivity contribution in [1.82, 2.24) is 0 Å². The molecule has 0 aliphatic rings. The van der Waals surface area contributed by atoms with Gasteiger partial charge >= 0.3 is 0 Å². The average Bonchev–Trinajstić information content (AvgIpc) is 2.21. The molecule has 0 bridgehead atoms. The predicted molar refractivity (Wildman–Crippen MR) is 85.5 cm³/mol. The third-order valence-electron chi connectivity index (χ3n) is 2.80. The normalized spacial score (nSPS) is 11.6. The van der Waals surface area contributed by atoms with Crippen LogP contribution in [-0.4, -0.2) is 6.04 Å². The summed E-state index contributed by atoms with van der Waals surface area (Å²) in [6, 6.07) is 6.57. The van der Waals surface area contributed by atoms with Gasteiger partial charge in [-0.1, -0.05) is 39.3 Å². The zero-order valence-corrected chi connectivity index (χ0v) is 14.0. The highest BCUT2D eigenvalue weighted by molar-refractivity contribution is 9.10. The van der Waals surface area contributed by atoms with E-state index in [-0.39, 0.29) is 0 Å². The molecule has 0 radical (unpaired) electrons. The van der Waals surface area contributed by atoms with Gasteiger partial charge in [0.1, 0.15) is 0 Å². The largest absolute Gasteiger partial charge is 0.382 e. The molecule has 0 unspecified atom stereocenters. The molecular formula is C15H23BrClN. The van der Waals surface area contributed by atoms with Crippen molar-refractivity contribution in [2.75, 3.05) is 5.32 Å². The highest BCUT2D eigenvalue weighted by atomic mass is 79.9. The van der Waals surface area contributed by atoms with Crippen molar-refractivity contribution in [3.05, 3.63) is 27.7 Å².